The van der Waals surface area contributed by atoms with Crippen LogP contribution in [0.2, 0.25) is 5.02 Å². The van der Waals surface area contributed by atoms with Gasteiger partial charge in [-0.05, 0) is 54.8 Å². The molecule has 0 aliphatic carbocycles. The highest BCUT2D eigenvalue weighted by molar-refractivity contribution is 6.30. The normalized spacial score (nSPS) is 17.1. The Labute approximate surface area is 236 Å². The molecule has 4 rings (SSSR count). The van der Waals surface area contributed by atoms with Crippen molar-refractivity contribution in [3.8, 4) is 0 Å². The maximum atomic E-state index is 14.3. The molecular formula is C31H37ClN4O3. The number of aliphatic hydroxyl groups is 1. The van der Waals surface area contributed by atoms with Crippen molar-refractivity contribution >= 4 is 35.0 Å². The fourth-order valence-corrected chi connectivity index (χ4v) is 5.46. The molecule has 0 spiro atoms. The van der Waals surface area contributed by atoms with Crippen LogP contribution in [-0.2, 0) is 6.54 Å². The molecule has 3 aromatic rings. The van der Waals surface area contributed by atoms with Crippen molar-refractivity contribution in [1.82, 2.24) is 14.7 Å². The summed E-state index contributed by atoms with van der Waals surface area (Å²) in [5.41, 5.74) is 2.49. The summed E-state index contributed by atoms with van der Waals surface area (Å²) in [5.74, 6) is 0. The SMILES string of the molecule is CCCC1CN(C(=O)N(c2ccccc2)c2ccccc2)[C@H](CCO)CN1C(=O)N(C)Cc1cccc(Cl)c1. The molecule has 7 nitrogen and oxygen atoms in total. The van der Waals surface area contributed by atoms with E-state index in [1.54, 1.807) is 16.8 Å². The van der Waals surface area contributed by atoms with Crippen molar-refractivity contribution in [2.45, 2.75) is 44.8 Å². The second kappa shape index (κ2) is 13.5. The highest BCUT2D eigenvalue weighted by Gasteiger charge is 2.40. The molecule has 1 heterocycles. The van der Waals surface area contributed by atoms with E-state index in [2.05, 4.69) is 6.92 Å². The zero-order valence-electron chi connectivity index (χ0n) is 22.6. The third kappa shape index (κ3) is 6.91. The molecule has 0 bridgehead atoms. The van der Waals surface area contributed by atoms with Gasteiger partial charge in [0.2, 0.25) is 0 Å². The van der Waals surface area contributed by atoms with Crippen molar-refractivity contribution in [3.05, 3.63) is 95.5 Å². The standard InChI is InChI=1S/C31H37ClN4O3/c1-3-11-28-22-35(31(39)36(26-14-6-4-7-15-26)27-16-8-5-9-17-27)29(18-19-37)23-34(28)30(38)33(2)21-24-12-10-13-25(32)20-24/h4-10,12-17,20,28-29,37H,3,11,18-19,21-23H2,1-2H3/t28?,29-/m1/s1. The Bertz CT molecular complexity index is 1190. The van der Waals surface area contributed by atoms with E-state index < -0.39 is 0 Å². The molecule has 4 amide bonds. The lowest BCUT2D eigenvalue weighted by molar-refractivity contribution is 0.0466. The van der Waals surface area contributed by atoms with Crippen molar-refractivity contribution in [1.29, 1.82) is 0 Å². The van der Waals surface area contributed by atoms with Crippen molar-refractivity contribution < 1.29 is 14.7 Å². The van der Waals surface area contributed by atoms with Gasteiger partial charge in [-0.1, -0.05) is 73.5 Å². The molecule has 1 fully saturated rings. The maximum Gasteiger partial charge on any atom is 0.329 e. The topological polar surface area (TPSA) is 67.3 Å². The van der Waals surface area contributed by atoms with Gasteiger partial charge in [0.25, 0.3) is 0 Å². The van der Waals surface area contributed by atoms with Gasteiger partial charge in [-0.25, -0.2) is 9.59 Å². The van der Waals surface area contributed by atoms with Crippen LogP contribution in [0, 0.1) is 0 Å². The van der Waals surface area contributed by atoms with Crippen LogP contribution in [0.1, 0.15) is 31.7 Å². The summed E-state index contributed by atoms with van der Waals surface area (Å²) < 4.78 is 0. The Kier molecular flexibility index (Phi) is 9.85. The van der Waals surface area contributed by atoms with Crippen LogP contribution in [0.5, 0.6) is 0 Å². The fraction of sp³-hybridized carbons (Fsp3) is 0.355. The number of hydrogen-bond acceptors (Lipinski definition) is 3. The smallest absolute Gasteiger partial charge is 0.329 e. The van der Waals surface area contributed by atoms with Gasteiger partial charge in [0, 0.05) is 38.3 Å². The number of piperazine rings is 1. The first kappa shape index (κ1) is 28.5. The Morgan fingerprint density at radius 2 is 1.41 bits per heavy atom. The second-order valence-corrected chi connectivity index (χ2v) is 10.4. The number of benzene rings is 3. The van der Waals surface area contributed by atoms with Crippen LogP contribution < -0.4 is 4.90 Å². The molecule has 0 radical (unpaired) electrons. The number of para-hydroxylation sites is 2. The number of urea groups is 2. The number of hydrogen-bond donors (Lipinski definition) is 1. The van der Waals surface area contributed by atoms with Crippen LogP contribution in [0.25, 0.3) is 0 Å². The summed E-state index contributed by atoms with van der Waals surface area (Å²) in [7, 11) is 1.79. The zero-order chi connectivity index (χ0) is 27.8. The highest BCUT2D eigenvalue weighted by Crippen LogP contribution is 2.30. The van der Waals surface area contributed by atoms with Crippen LogP contribution in [0.3, 0.4) is 0 Å². The molecule has 1 unspecified atom stereocenters. The molecular weight excluding hydrogens is 512 g/mol. The molecule has 0 aromatic heterocycles. The Balaban J connectivity index is 1.61. The van der Waals surface area contributed by atoms with Crippen molar-refractivity contribution in [2.75, 3.05) is 31.6 Å². The number of nitrogens with zero attached hydrogens (tertiary/aromatic N) is 4. The Hall–Kier alpha value is -3.55. The summed E-state index contributed by atoms with van der Waals surface area (Å²) in [6.07, 6.45) is 2.02. The second-order valence-electron chi connectivity index (χ2n) is 9.97. The quantitative estimate of drug-likeness (QED) is 0.355. The van der Waals surface area contributed by atoms with E-state index in [9.17, 15) is 14.7 Å². The first-order chi connectivity index (χ1) is 18.9. The molecule has 1 aliphatic heterocycles. The number of rotatable bonds is 8. The summed E-state index contributed by atoms with van der Waals surface area (Å²) in [6.45, 7) is 3.18. The highest BCUT2D eigenvalue weighted by atomic mass is 35.5. The predicted molar refractivity (Wildman–Crippen MR) is 156 cm³/mol. The minimum atomic E-state index is -0.325. The fourth-order valence-electron chi connectivity index (χ4n) is 5.24. The lowest BCUT2D eigenvalue weighted by atomic mass is 10.0. The lowest BCUT2D eigenvalue weighted by Crippen LogP contribution is -2.64. The number of aliphatic hydroxyl groups excluding tert-OH is 1. The third-order valence-electron chi connectivity index (χ3n) is 7.13. The van der Waals surface area contributed by atoms with Crippen LogP contribution in [0.15, 0.2) is 84.9 Å². The molecule has 206 valence electrons. The molecule has 0 saturated carbocycles. The zero-order valence-corrected chi connectivity index (χ0v) is 23.4. The third-order valence-corrected chi connectivity index (χ3v) is 7.36. The van der Waals surface area contributed by atoms with Crippen LogP contribution >= 0.6 is 11.6 Å². The van der Waals surface area contributed by atoms with Gasteiger partial charge >= 0.3 is 12.1 Å². The summed E-state index contributed by atoms with van der Waals surface area (Å²) in [6, 6.07) is 26.0. The Morgan fingerprint density at radius 3 is 1.95 bits per heavy atom. The van der Waals surface area contributed by atoms with Gasteiger partial charge in [-0.3, -0.25) is 4.90 Å². The van der Waals surface area contributed by atoms with E-state index in [0.29, 0.717) is 31.1 Å². The number of carbonyl (C=O) groups excluding carboxylic acids is 2. The molecule has 2 atom stereocenters. The van der Waals surface area contributed by atoms with Crippen molar-refractivity contribution in [3.63, 3.8) is 0 Å². The average molecular weight is 549 g/mol. The van der Waals surface area contributed by atoms with Gasteiger partial charge in [0.15, 0.2) is 0 Å². The Morgan fingerprint density at radius 1 is 0.846 bits per heavy atom. The summed E-state index contributed by atoms with van der Waals surface area (Å²) in [5, 5.41) is 10.6. The minimum Gasteiger partial charge on any atom is -0.396 e. The number of amides is 4. The van der Waals surface area contributed by atoms with Gasteiger partial charge in [-0.2, -0.15) is 0 Å². The monoisotopic (exact) mass is 548 g/mol. The van der Waals surface area contributed by atoms with Crippen LogP contribution in [-0.4, -0.2) is 70.7 Å². The van der Waals surface area contributed by atoms with Gasteiger partial charge in [0.1, 0.15) is 0 Å². The van der Waals surface area contributed by atoms with Gasteiger partial charge in [0.05, 0.1) is 23.5 Å². The van der Waals surface area contributed by atoms with Gasteiger partial charge < -0.3 is 19.8 Å². The molecule has 1 N–H and O–H groups in total. The predicted octanol–water partition coefficient (Wildman–Crippen LogP) is 6.39. The van der Waals surface area contributed by atoms with Crippen LogP contribution in [0.4, 0.5) is 21.0 Å². The van der Waals surface area contributed by atoms with E-state index in [0.717, 1.165) is 29.8 Å². The minimum absolute atomic E-state index is 0.0794. The maximum absolute atomic E-state index is 14.3. The number of carbonyl (C=O) groups is 2. The molecule has 3 aromatic carbocycles. The summed E-state index contributed by atoms with van der Waals surface area (Å²) in [4.78, 5) is 35.1. The molecule has 8 heteroatoms. The molecule has 1 aliphatic rings. The largest absolute Gasteiger partial charge is 0.396 e. The van der Waals surface area contributed by atoms with Crippen molar-refractivity contribution in [2.24, 2.45) is 0 Å². The molecule has 1 saturated heterocycles. The average Bonchev–Trinajstić information content (AvgIpc) is 2.95. The first-order valence-electron chi connectivity index (χ1n) is 13.5. The van der Waals surface area contributed by atoms with E-state index in [-0.39, 0.29) is 30.8 Å². The van der Waals surface area contributed by atoms with E-state index in [1.165, 1.54) is 0 Å². The number of halogens is 1. The number of anilines is 2. The van der Waals surface area contributed by atoms with E-state index >= 15 is 0 Å². The first-order valence-corrected chi connectivity index (χ1v) is 13.9. The lowest BCUT2D eigenvalue weighted by Gasteiger charge is -2.48. The van der Waals surface area contributed by atoms with E-state index in [1.807, 2.05) is 94.7 Å². The summed E-state index contributed by atoms with van der Waals surface area (Å²) >= 11 is 6.16. The molecule has 39 heavy (non-hydrogen) atoms. The van der Waals surface area contributed by atoms with E-state index in [4.69, 9.17) is 11.6 Å². The van der Waals surface area contributed by atoms with Gasteiger partial charge in [-0.15, -0.1) is 0 Å².